The molecular formula is C28H40O2Si2. The van der Waals surface area contributed by atoms with Gasteiger partial charge >= 0.3 is 0 Å². The van der Waals surface area contributed by atoms with Gasteiger partial charge in [-0.2, -0.15) is 0 Å². The van der Waals surface area contributed by atoms with Crippen molar-refractivity contribution in [3.8, 4) is 0 Å². The molecule has 0 aliphatic carbocycles. The van der Waals surface area contributed by atoms with Crippen molar-refractivity contribution >= 4 is 25.1 Å². The molecule has 32 heavy (non-hydrogen) atoms. The van der Waals surface area contributed by atoms with E-state index in [4.69, 9.17) is 8.85 Å². The summed E-state index contributed by atoms with van der Waals surface area (Å²) < 4.78 is 12.2. The van der Waals surface area contributed by atoms with Crippen LogP contribution >= 0.6 is 0 Å². The van der Waals surface area contributed by atoms with E-state index in [1.165, 1.54) is 11.1 Å². The Hall–Kier alpha value is -1.47. The van der Waals surface area contributed by atoms with E-state index in [1.54, 1.807) is 0 Å². The maximum atomic E-state index is 6.08. The Morgan fingerprint density at radius 3 is 1.47 bits per heavy atom. The molecular weight excluding hydrogens is 424 g/mol. The second kappa shape index (κ2) is 11.6. The summed E-state index contributed by atoms with van der Waals surface area (Å²) in [6.45, 7) is 23.8. The molecule has 2 rings (SSSR count). The van der Waals surface area contributed by atoms with Gasteiger partial charge in [0.25, 0.3) is 0 Å². The molecule has 4 radical (unpaired) electrons. The summed E-state index contributed by atoms with van der Waals surface area (Å²) in [5, 5.41) is 0.406. The lowest BCUT2D eigenvalue weighted by atomic mass is 9.97. The maximum Gasteiger partial charge on any atom is 0.236 e. The molecule has 0 aromatic heterocycles. The summed E-state index contributed by atoms with van der Waals surface area (Å²) in [4.78, 5) is 0. The summed E-state index contributed by atoms with van der Waals surface area (Å²) in [6.07, 6.45) is 0. The lowest BCUT2D eigenvalue weighted by Crippen LogP contribution is -2.22. The quantitative estimate of drug-likeness (QED) is 0.299. The first-order valence-corrected chi connectivity index (χ1v) is 13.4. The molecule has 4 heteroatoms. The lowest BCUT2D eigenvalue weighted by Gasteiger charge is -2.27. The molecule has 2 aromatic carbocycles. The third-order valence-electron chi connectivity index (χ3n) is 6.59. The van der Waals surface area contributed by atoms with Crippen molar-refractivity contribution in [3.63, 3.8) is 0 Å². The van der Waals surface area contributed by atoms with Crippen LogP contribution < -0.4 is 0 Å². The van der Waals surface area contributed by atoms with Gasteiger partial charge < -0.3 is 8.85 Å². The minimum atomic E-state index is 0.203. The molecule has 0 atom stereocenters. The van der Waals surface area contributed by atoms with E-state index in [0.29, 0.717) is 44.6 Å². The largest absolute Gasteiger partial charge is 0.413 e. The van der Waals surface area contributed by atoms with Crippen LogP contribution in [0.15, 0.2) is 55.1 Å². The minimum Gasteiger partial charge on any atom is -0.413 e. The highest BCUT2D eigenvalue weighted by Gasteiger charge is 2.25. The number of hydrogen-bond acceptors (Lipinski definition) is 2. The second-order valence-corrected chi connectivity index (χ2v) is 14.0. The third-order valence-corrected chi connectivity index (χ3v) is 9.37. The van der Waals surface area contributed by atoms with Gasteiger partial charge in [-0.3, -0.25) is 0 Å². The maximum absolute atomic E-state index is 6.08. The van der Waals surface area contributed by atoms with Gasteiger partial charge in [-0.25, -0.2) is 0 Å². The predicted molar refractivity (Wildman–Crippen MR) is 140 cm³/mol. The first-order chi connectivity index (χ1) is 14.9. The third kappa shape index (κ3) is 7.84. The van der Waals surface area contributed by atoms with E-state index in [-0.39, 0.29) is 10.1 Å². The fraction of sp³-hybridized carbons (Fsp3) is 0.500. The highest BCUT2D eigenvalue weighted by molar-refractivity contribution is 6.32. The van der Waals surface area contributed by atoms with Gasteiger partial charge in [0.05, 0.1) is 13.2 Å². The summed E-state index contributed by atoms with van der Waals surface area (Å²) in [7, 11) is 0.970. The zero-order valence-electron chi connectivity index (χ0n) is 21.2. The van der Waals surface area contributed by atoms with Crippen molar-refractivity contribution in [1.29, 1.82) is 0 Å². The molecule has 0 unspecified atom stereocenters. The molecule has 0 aliphatic rings. The Labute approximate surface area is 201 Å². The first-order valence-electron chi connectivity index (χ1n) is 11.6. The van der Waals surface area contributed by atoms with E-state index in [0.717, 1.165) is 16.7 Å². The highest BCUT2D eigenvalue weighted by Crippen LogP contribution is 2.34. The average Bonchev–Trinajstić information content (AvgIpc) is 2.73. The topological polar surface area (TPSA) is 18.5 Å². The van der Waals surface area contributed by atoms with Crippen LogP contribution in [0.3, 0.4) is 0 Å². The van der Waals surface area contributed by atoms with Crippen molar-refractivity contribution in [3.05, 3.63) is 77.4 Å². The Morgan fingerprint density at radius 2 is 1.12 bits per heavy atom. The van der Waals surface area contributed by atoms with Crippen molar-refractivity contribution in [2.45, 2.75) is 78.7 Å². The molecule has 0 saturated carbocycles. The molecule has 0 heterocycles. The molecule has 0 aliphatic heterocycles. The summed E-state index contributed by atoms with van der Waals surface area (Å²) >= 11 is 0. The van der Waals surface area contributed by atoms with Gasteiger partial charge in [0, 0.05) is 0 Å². The standard InChI is InChI=1S/C28H40O2Si2/c1-20(2)27(6,7)31-29-18-23-12-10-14-25(16-23)22(5)26-15-11-13-24(17-26)19-30-32-28(8,9)21(3)4/h10-17,20-21H,5,18-19H2,1-4,6-9H3. The van der Waals surface area contributed by atoms with Crippen LogP contribution in [0.5, 0.6) is 0 Å². The number of benzene rings is 2. The van der Waals surface area contributed by atoms with Crippen molar-refractivity contribution in [2.24, 2.45) is 11.8 Å². The SMILES string of the molecule is C=C(c1cccc(CO[Si]C(C)(C)C(C)C)c1)c1cccc(CO[Si]C(C)(C)C(C)C)c1. The van der Waals surface area contributed by atoms with Crippen LogP contribution in [-0.4, -0.2) is 19.5 Å². The Kier molecular flexibility index (Phi) is 9.71. The normalized spacial score (nSPS) is 12.6. The van der Waals surface area contributed by atoms with E-state index in [1.807, 2.05) is 0 Å². The van der Waals surface area contributed by atoms with E-state index >= 15 is 0 Å². The molecule has 2 nitrogen and oxygen atoms in total. The van der Waals surface area contributed by atoms with Crippen LogP contribution in [0.25, 0.3) is 5.57 Å². The van der Waals surface area contributed by atoms with Gasteiger partial charge in [-0.1, -0.05) is 98.4 Å². The Morgan fingerprint density at radius 1 is 0.750 bits per heavy atom. The fourth-order valence-corrected chi connectivity index (χ4v) is 4.40. The molecule has 2 aromatic rings. The summed E-state index contributed by atoms with van der Waals surface area (Å²) in [6, 6.07) is 17.1. The lowest BCUT2D eigenvalue weighted by molar-refractivity contribution is 0.291. The highest BCUT2D eigenvalue weighted by atomic mass is 28.2. The zero-order valence-corrected chi connectivity index (χ0v) is 23.2. The molecule has 0 bridgehead atoms. The van der Waals surface area contributed by atoms with Crippen LogP contribution in [0.1, 0.15) is 77.6 Å². The molecule has 172 valence electrons. The minimum absolute atomic E-state index is 0.203. The fourth-order valence-electron chi connectivity index (χ4n) is 2.71. The molecule has 0 N–H and O–H groups in total. The second-order valence-electron chi connectivity index (χ2n) is 10.4. The van der Waals surface area contributed by atoms with E-state index in [2.05, 4.69) is 110 Å². The Bertz CT molecular complexity index is 813. The number of hydrogen-bond donors (Lipinski definition) is 0. The molecule has 0 fully saturated rings. The van der Waals surface area contributed by atoms with Gasteiger partial charge in [-0.05, 0) is 61.9 Å². The molecule has 0 amide bonds. The first kappa shape index (κ1) is 26.8. The van der Waals surface area contributed by atoms with E-state index < -0.39 is 0 Å². The molecule has 0 saturated heterocycles. The monoisotopic (exact) mass is 464 g/mol. The van der Waals surface area contributed by atoms with Crippen LogP contribution in [0.4, 0.5) is 0 Å². The molecule has 0 spiro atoms. The van der Waals surface area contributed by atoms with Crippen LogP contribution in [0.2, 0.25) is 10.1 Å². The predicted octanol–water partition coefficient (Wildman–Crippen LogP) is 7.73. The van der Waals surface area contributed by atoms with Crippen molar-refractivity contribution in [1.82, 2.24) is 0 Å². The van der Waals surface area contributed by atoms with E-state index in [9.17, 15) is 0 Å². The Balaban J connectivity index is 2.01. The van der Waals surface area contributed by atoms with Crippen molar-refractivity contribution < 1.29 is 8.85 Å². The van der Waals surface area contributed by atoms with Gasteiger partial charge in [0.15, 0.2) is 0 Å². The van der Waals surface area contributed by atoms with Crippen LogP contribution in [-0.2, 0) is 22.1 Å². The van der Waals surface area contributed by atoms with Gasteiger partial charge in [-0.15, -0.1) is 0 Å². The smallest absolute Gasteiger partial charge is 0.236 e. The summed E-state index contributed by atoms with van der Waals surface area (Å²) in [5.74, 6) is 1.19. The van der Waals surface area contributed by atoms with Crippen LogP contribution in [0, 0.1) is 11.8 Å². The van der Waals surface area contributed by atoms with Gasteiger partial charge in [0.1, 0.15) is 0 Å². The average molecular weight is 465 g/mol. The number of rotatable bonds is 12. The zero-order chi connectivity index (χ0) is 23.9. The van der Waals surface area contributed by atoms with Crippen molar-refractivity contribution in [2.75, 3.05) is 0 Å². The van der Waals surface area contributed by atoms with Gasteiger partial charge in [0.2, 0.25) is 19.5 Å². The summed E-state index contributed by atoms with van der Waals surface area (Å²) in [5.41, 5.74) is 5.68.